The Labute approximate surface area is 118 Å². The molecule has 0 heterocycles. The number of rotatable bonds is 4. The molecule has 0 spiro atoms. The van der Waals surface area contributed by atoms with Crippen LogP contribution in [0.2, 0.25) is 0 Å². The summed E-state index contributed by atoms with van der Waals surface area (Å²) in [6.07, 6.45) is 2.21. The van der Waals surface area contributed by atoms with Crippen LogP contribution in [0, 0.1) is 0 Å². The highest BCUT2D eigenvalue weighted by atomic mass is 16.5. The Morgan fingerprint density at radius 1 is 0.950 bits per heavy atom. The molecule has 0 bridgehead atoms. The molecule has 0 atom stereocenters. The van der Waals surface area contributed by atoms with E-state index in [1.807, 2.05) is 30.3 Å². The maximum absolute atomic E-state index is 9.90. The van der Waals surface area contributed by atoms with E-state index in [-0.39, 0.29) is 0 Å². The molecular formula is C18H18O2. The van der Waals surface area contributed by atoms with E-state index in [2.05, 4.69) is 19.1 Å². The molecule has 0 amide bonds. The molecule has 0 aliphatic carbocycles. The van der Waals surface area contributed by atoms with Gasteiger partial charge in [-0.1, -0.05) is 43.7 Å². The summed E-state index contributed by atoms with van der Waals surface area (Å²) in [5.74, 6) is 1.23. The minimum atomic E-state index is 0.327. The quantitative estimate of drug-likeness (QED) is 0.539. The fraction of sp³-hybridized carbons (Fsp3) is 0.222. The third kappa shape index (κ3) is 2.29. The van der Waals surface area contributed by atoms with Gasteiger partial charge in [-0.2, -0.15) is 0 Å². The van der Waals surface area contributed by atoms with Crippen molar-refractivity contribution in [3.05, 3.63) is 48.5 Å². The first-order valence-corrected chi connectivity index (χ1v) is 7.07. The van der Waals surface area contributed by atoms with Crippen molar-refractivity contribution in [3.8, 4) is 11.5 Å². The highest BCUT2D eigenvalue weighted by Crippen LogP contribution is 2.32. The Balaban J connectivity index is 2.06. The second-order valence-corrected chi connectivity index (χ2v) is 5.02. The summed E-state index contributed by atoms with van der Waals surface area (Å²) in [5, 5.41) is 14.1. The predicted octanol–water partition coefficient (Wildman–Crippen LogP) is 4.88. The predicted molar refractivity (Wildman–Crippen MR) is 83.5 cm³/mol. The van der Waals surface area contributed by atoms with Crippen LogP contribution >= 0.6 is 0 Å². The van der Waals surface area contributed by atoms with Crippen molar-refractivity contribution in [2.75, 3.05) is 6.61 Å². The van der Waals surface area contributed by atoms with Gasteiger partial charge >= 0.3 is 0 Å². The van der Waals surface area contributed by atoms with Crippen molar-refractivity contribution in [1.82, 2.24) is 0 Å². The van der Waals surface area contributed by atoms with Gasteiger partial charge in [-0.05, 0) is 40.8 Å². The van der Waals surface area contributed by atoms with Gasteiger partial charge < -0.3 is 9.84 Å². The third-order valence-corrected chi connectivity index (χ3v) is 3.59. The number of benzene rings is 3. The van der Waals surface area contributed by atoms with Crippen molar-refractivity contribution in [2.24, 2.45) is 0 Å². The fourth-order valence-electron chi connectivity index (χ4n) is 2.48. The van der Waals surface area contributed by atoms with Crippen LogP contribution in [-0.2, 0) is 0 Å². The molecule has 3 aromatic rings. The van der Waals surface area contributed by atoms with Gasteiger partial charge in [0, 0.05) is 5.39 Å². The highest BCUT2D eigenvalue weighted by molar-refractivity contribution is 6.09. The molecule has 2 heteroatoms. The average molecular weight is 266 g/mol. The summed E-state index contributed by atoms with van der Waals surface area (Å²) in [6.45, 7) is 2.92. The van der Waals surface area contributed by atoms with Crippen LogP contribution in [-0.4, -0.2) is 11.7 Å². The van der Waals surface area contributed by atoms with Gasteiger partial charge in [0.25, 0.3) is 0 Å². The molecule has 0 aliphatic heterocycles. The zero-order valence-electron chi connectivity index (χ0n) is 11.6. The van der Waals surface area contributed by atoms with Crippen LogP contribution in [0.25, 0.3) is 21.5 Å². The number of phenolic OH excluding ortho intramolecular Hbond substituents is 1. The zero-order valence-corrected chi connectivity index (χ0v) is 11.6. The smallest absolute Gasteiger partial charge is 0.123 e. The SMILES string of the molecule is CCCCOc1ccc2c(ccc3c(O)cccc32)c1. The van der Waals surface area contributed by atoms with Crippen LogP contribution in [0.4, 0.5) is 0 Å². The molecule has 0 fully saturated rings. The summed E-state index contributed by atoms with van der Waals surface area (Å²) in [4.78, 5) is 0. The molecule has 1 N–H and O–H groups in total. The minimum absolute atomic E-state index is 0.327. The van der Waals surface area contributed by atoms with Crippen molar-refractivity contribution < 1.29 is 9.84 Å². The summed E-state index contributed by atoms with van der Waals surface area (Å²) >= 11 is 0. The molecule has 3 aromatic carbocycles. The van der Waals surface area contributed by atoms with Gasteiger partial charge in [0.2, 0.25) is 0 Å². The Morgan fingerprint density at radius 2 is 1.80 bits per heavy atom. The van der Waals surface area contributed by atoms with E-state index in [9.17, 15) is 5.11 Å². The number of fused-ring (bicyclic) bond motifs is 3. The van der Waals surface area contributed by atoms with Crippen molar-refractivity contribution in [1.29, 1.82) is 0 Å². The lowest BCUT2D eigenvalue weighted by Crippen LogP contribution is -1.96. The maximum Gasteiger partial charge on any atom is 0.123 e. The molecule has 0 radical (unpaired) electrons. The van der Waals surface area contributed by atoms with Gasteiger partial charge in [0.1, 0.15) is 11.5 Å². The fourth-order valence-corrected chi connectivity index (χ4v) is 2.48. The molecule has 0 unspecified atom stereocenters. The van der Waals surface area contributed by atoms with Crippen molar-refractivity contribution in [3.63, 3.8) is 0 Å². The van der Waals surface area contributed by atoms with Gasteiger partial charge in [-0.3, -0.25) is 0 Å². The Bertz CT molecular complexity index is 747. The first-order chi connectivity index (χ1) is 9.79. The largest absolute Gasteiger partial charge is 0.507 e. The summed E-state index contributed by atoms with van der Waals surface area (Å²) in [7, 11) is 0. The number of ether oxygens (including phenoxy) is 1. The molecule has 0 saturated heterocycles. The van der Waals surface area contributed by atoms with E-state index in [1.165, 1.54) is 0 Å². The molecule has 20 heavy (non-hydrogen) atoms. The number of unbranched alkanes of at least 4 members (excludes halogenated alkanes) is 1. The van der Waals surface area contributed by atoms with Crippen molar-refractivity contribution >= 4 is 21.5 Å². The molecule has 2 nitrogen and oxygen atoms in total. The van der Waals surface area contributed by atoms with Crippen LogP contribution < -0.4 is 4.74 Å². The molecule has 0 aromatic heterocycles. The maximum atomic E-state index is 9.90. The number of hydrogen-bond acceptors (Lipinski definition) is 2. The lowest BCUT2D eigenvalue weighted by Gasteiger charge is -2.09. The van der Waals surface area contributed by atoms with Gasteiger partial charge in [0.15, 0.2) is 0 Å². The molecule has 102 valence electrons. The van der Waals surface area contributed by atoms with Gasteiger partial charge in [-0.15, -0.1) is 0 Å². The van der Waals surface area contributed by atoms with Crippen LogP contribution in [0.3, 0.4) is 0 Å². The van der Waals surface area contributed by atoms with Crippen LogP contribution in [0.1, 0.15) is 19.8 Å². The van der Waals surface area contributed by atoms with Crippen LogP contribution in [0.5, 0.6) is 11.5 Å². The first-order valence-electron chi connectivity index (χ1n) is 7.07. The highest BCUT2D eigenvalue weighted by Gasteiger charge is 2.04. The van der Waals surface area contributed by atoms with E-state index in [4.69, 9.17) is 4.74 Å². The Hall–Kier alpha value is -2.22. The second kappa shape index (κ2) is 5.41. The number of hydrogen-bond donors (Lipinski definition) is 1. The summed E-state index contributed by atoms with van der Waals surface area (Å²) < 4.78 is 5.74. The van der Waals surface area contributed by atoms with Gasteiger partial charge in [-0.25, -0.2) is 0 Å². The summed E-state index contributed by atoms with van der Waals surface area (Å²) in [5.41, 5.74) is 0. The molecular weight excluding hydrogens is 248 g/mol. The third-order valence-electron chi connectivity index (χ3n) is 3.59. The summed E-state index contributed by atoms with van der Waals surface area (Å²) in [6, 6.07) is 15.8. The molecule has 0 aliphatic rings. The molecule has 0 saturated carbocycles. The van der Waals surface area contributed by atoms with E-state index < -0.39 is 0 Å². The Kier molecular flexibility index (Phi) is 3.46. The monoisotopic (exact) mass is 266 g/mol. The van der Waals surface area contributed by atoms with Crippen LogP contribution in [0.15, 0.2) is 48.5 Å². The minimum Gasteiger partial charge on any atom is -0.507 e. The topological polar surface area (TPSA) is 29.5 Å². The van der Waals surface area contributed by atoms with E-state index in [0.717, 1.165) is 46.7 Å². The second-order valence-electron chi connectivity index (χ2n) is 5.02. The number of phenols is 1. The Morgan fingerprint density at radius 3 is 2.65 bits per heavy atom. The number of aromatic hydroxyl groups is 1. The normalized spacial score (nSPS) is 11.1. The molecule has 3 rings (SSSR count). The van der Waals surface area contributed by atoms with Crippen molar-refractivity contribution in [2.45, 2.75) is 19.8 Å². The first kappa shape index (κ1) is 12.8. The van der Waals surface area contributed by atoms with E-state index in [1.54, 1.807) is 6.07 Å². The zero-order chi connectivity index (χ0) is 13.9. The lowest BCUT2D eigenvalue weighted by molar-refractivity contribution is 0.310. The van der Waals surface area contributed by atoms with Gasteiger partial charge in [0.05, 0.1) is 6.61 Å². The van der Waals surface area contributed by atoms with E-state index in [0.29, 0.717) is 5.75 Å². The lowest BCUT2D eigenvalue weighted by atomic mass is 10.0. The van der Waals surface area contributed by atoms with E-state index >= 15 is 0 Å². The average Bonchev–Trinajstić information content (AvgIpc) is 2.47. The standard InChI is InChI=1S/C18H18O2/c1-2-3-11-20-14-8-10-15-13(12-14)7-9-17-16(15)5-4-6-18(17)19/h4-10,12,19H,2-3,11H2,1H3.